The van der Waals surface area contributed by atoms with Crippen LogP contribution in [0.2, 0.25) is 0 Å². The second-order valence-electron chi connectivity index (χ2n) is 10.1. The van der Waals surface area contributed by atoms with Crippen molar-refractivity contribution < 1.29 is 33.0 Å². The van der Waals surface area contributed by atoms with Crippen molar-refractivity contribution in [2.24, 2.45) is 11.5 Å². The zero-order valence-corrected chi connectivity index (χ0v) is 23.9. The molecule has 4 amide bonds. The lowest BCUT2D eigenvalue weighted by Crippen LogP contribution is -2.48. The predicted molar refractivity (Wildman–Crippen MR) is 159 cm³/mol. The summed E-state index contributed by atoms with van der Waals surface area (Å²) in [6.07, 6.45) is -1.40. The fraction of sp³-hybridized carbons (Fsp3) is 0.281. The first-order valence-corrected chi connectivity index (χ1v) is 13.9. The van der Waals surface area contributed by atoms with Crippen LogP contribution in [0.15, 0.2) is 66.7 Å². The third kappa shape index (κ3) is 8.53. The lowest BCUT2D eigenvalue weighted by Gasteiger charge is -2.39. The van der Waals surface area contributed by atoms with Crippen LogP contribution >= 0.6 is 0 Å². The van der Waals surface area contributed by atoms with Gasteiger partial charge >= 0.3 is 12.1 Å². The van der Waals surface area contributed by atoms with Crippen molar-refractivity contribution >= 4 is 18.0 Å². The molecule has 3 aromatic rings. The van der Waals surface area contributed by atoms with Crippen LogP contribution in [0.3, 0.4) is 0 Å². The SMILES string of the molecule is NC(=O)c1cc(C#CCCN(C(N)=O)C(=O)O)ccc1OCCN1CCN(C(c2ccc(F)cc2)c2ccc(F)cc2)CC1. The Balaban J connectivity index is 1.32. The highest BCUT2D eigenvalue weighted by atomic mass is 19.1. The van der Waals surface area contributed by atoms with E-state index in [0.717, 1.165) is 37.3 Å². The Kier molecular flexibility index (Phi) is 10.9. The number of hydrogen-bond acceptors (Lipinski definition) is 6. The van der Waals surface area contributed by atoms with Gasteiger partial charge in [-0.1, -0.05) is 36.1 Å². The van der Waals surface area contributed by atoms with Crippen LogP contribution in [0, 0.1) is 23.5 Å². The largest absolute Gasteiger partial charge is 0.491 e. The minimum Gasteiger partial charge on any atom is -0.491 e. The lowest BCUT2D eigenvalue weighted by molar-refractivity contribution is 0.0957. The van der Waals surface area contributed by atoms with E-state index in [-0.39, 0.29) is 36.2 Å². The number of benzene rings is 3. The molecule has 10 nitrogen and oxygen atoms in total. The van der Waals surface area contributed by atoms with E-state index in [1.807, 2.05) is 0 Å². The number of carbonyl (C=O) groups is 3. The summed E-state index contributed by atoms with van der Waals surface area (Å²) in [5.74, 6) is 4.57. The third-order valence-electron chi connectivity index (χ3n) is 7.24. The number of piperazine rings is 1. The summed E-state index contributed by atoms with van der Waals surface area (Å²) >= 11 is 0. The Morgan fingerprint density at radius 2 is 1.50 bits per heavy atom. The number of amides is 4. The van der Waals surface area contributed by atoms with Crippen LogP contribution in [0.5, 0.6) is 5.75 Å². The number of halogens is 2. The molecular formula is C32H33F2N5O5. The smallest absolute Gasteiger partial charge is 0.415 e. The molecule has 0 aromatic heterocycles. The van der Waals surface area contributed by atoms with Crippen LogP contribution in [0.25, 0.3) is 0 Å². The van der Waals surface area contributed by atoms with Gasteiger partial charge < -0.3 is 21.3 Å². The molecule has 1 fully saturated rings. The molecule has 0 spiro atoms. The molecule has 44 heavy (non-hydrogen) atoms. The van der Waals surface area contributed by atoms with E-state index >= 15 is 0 Å². The molecule has 1 aliphatic rings. The molecule has 3 aromatic carbocycles. The standard InChI is InChI=1S/C32H33F2N5O5/c33-25-9-5-23(6-10-25)29(24-7-11-26(34)12-8-24)38-17-15-37(16-18-38)19-20-44-28-13-4-22(21-27(28)30(35)40)3-1-2-14-39(31(36)41)32(42)43/h4-13,21,29H,2,14-20H2,(H2,35,40)(H2,36,41)(H,42,43). The Morgan fingerprint density at radius 1 is 0.909 bits per heavy atom. The van der Waals surface area contributed by atoms with E-state index in [2.05, 4.69) is 21.6 Å². The highest BCUT2D eigenvalue weighted by Crippen LogP contribution is 2.30. The van der Waals surface area contributed by atoms with Crippen molar-refractivity contribution in [1.29, 1.82) is 0 Å². The van der Waals surface area contributed by atoms with Gasteiger partial charge in [0.2, 0.25) is 0 Å². The van der Waals surface area contributed by atoms with Crippen molar-refractivity contribution in [2.45, 2.75) is 12.5 Å². The maximum atomic E-state index is 13.6. The number of imide groups is 1. The molecule has 0 atom stereocenters. The van der Waals surface area contributed by atoms with E-state index in [0.29, 0.717) is 29.4 Å². The molecule has 0 radical (unpaired) electrons. The summed E-state index contributed by atoms with van der Waals surface area (Å²) in [6.45, 7) is 3.66. The number of nitrogens with zero attached hydrogens (tertiary/aromatic N) is 3. The quantitative estimate of drug-likeness (QED) is 0.300. The predicted octanol–water partition coefficient (Wildman–Crippen LogP) is 3.65. The van der Waals surface area contributed by atoms with E-state index in [1.54, 1.807) is 36.4 Å². The van der Waals surface area contributed by atoms with Crippen LogP contribution in [-0.2, 0) is 0 Å². The Labute approximate surface area is 253 Å². The topological polar surface area (TPSA) is 142 Å². The second kappa shape index (κ2) is 15.0. The number of primary amides is 2. The molecule has 12 heteroatoms. The monoisotopic (exact) mass is 605 g/mol. The third-order valence-corrected chi connectivity index (χ3v) is 7.24. The van der Waals surface area contributed by atoms with Crippen molar-refractivity contribution in [3.8, 4) is 17.6 Å². The molecule has 5 N–H and O–H groups in total. The van der Waals surface area contributed by atoms with Crippen molar-refractivity contribution in [3.63, 3.8) is 0 Å². The molecule has 0 saturated carbocycles. The number of hydrogen-bond donors (Lipinski definition) is 3. The highest BCUT2D eigenvalue weighted by Gasteiger charge is 2.26. The van der Waals surface area contributed by atoms with Gasteiger partial charge in [-0.25, -0.2) is 23.3 Å². The maximum absolute atomic E-state index is 13.6. The zero-order chi connectivity index (χ0) is 31.6. The molecule has 1 heterocycles. The molecular weight excluding hydrogens is 572 g/mol. The highest BCUT2D eigenvalue weighted by molar-refractivity contribution is 5.96. The first-order chi connectivity index (χ1) is 21.1. The van der Waals surface area contributed by atoms with Crippen LogP contribution in [0.1, 0.15) is 39.5 Å². The summed E-state index contributed by atoms with van der Waals surface area (Å²) in [4.78, 5) is 39.2. The number of carboxylic acid groups (broad SMARTS) is 1. The van der Waals surface area contributed by atoms with Crippen LogP contribution in [0.4, 0.5) is 18.4 Å². The maximum Gasteiger partial charge on any atom is 0.415 e. The van der Waals surface area contributed by atoms with Gasteiger partial charge in [0.1, 0.15) is 24.0 Å². The average molecular weight is 606 g/mol. The van der Waals surface area contributed by atoms with E-state index in [4.69, 9.17) is 21.3 Å². The van der Waals surface area contributed by atoms with Gasteiger partial charge in [-0.15, -0.1) is 0 Å². The Hall–Kier alpha value is -4.99. The number of carbonyl (C=O) groups excluding carboxylic acids is 2. The number of nitrogens with two attached hydrogens (primary N) is 2. The van der Waals surface area contributed by atoms with Gasteiger partial charge in [0.25, 0.3) is 5.91 Å². The molecule has 1 saturated heterocycles. The minimum absolute atomic E-state index is 0.0568. The van der Waals surface area contributed by atoms with Gasteiger partial charge in [0, 0.05) is 51.3 Å². The Morgan fingerprint density at radius 3 is 2.02 bits per heavy atom. The molecule has 1 aliphatic heterocycles. The van der Waals surface area contributed by atoms with Gasteiger partial charge in [-0.05, 0) is 53.6 Å². The Bertz CT molecular complexity index is 1470. The molecule has 0 bridgehead atoms. The number of rotatable bonds is 10. The van der Waals surface area contributed by atoms with E-state index in [1.165, 1.54) is 30.3 Å². The average Bonchev–Trinajstić information content (AvgIpc) is 3.00. The van der Waals surface area contributed by atoms with Crippen LogP contribution in [-0.4, -0.2) is 83.7 Å². The van der Waals surface area contributed by atoms with E-state index < -0.39 is 18.0 Å². The van der Waals surface area contributed by atoms with Crippen molar-refractivity contribution in [1.82, 2.24) is 14.7 Å². The van der Waals surface area contributed by atoms with Gasteiger partial charge in [0.15, 0.2) is 0 Å². The summed E-state index contributed by atoms with van der Waals surface area (Å²) in [5, 5.41) is 8.96. The fourth-order valence-electron chi connectivity index (χ4n) is 4.99. The minimum atomic E-state index is -1.46. The van der Waals surface area contributed by atoms with Gasteiger partial charge in [-0.2, -0.15) is 0 Å². The fourth-order valence-corrected chi connectivity index (χ4v) is 4.99. The van der Waals surface area contributed by atoms with E-state index in [9.17, 15) is 23.2 Å². The van der Waals surface area contributed by atoms with Gasteiger partial charge in [0.05, 0.1) is 11.6 Å². The van der Waals surface area contributed by atoms with Crippen molar-refractivity contribution in [3.05, 3.63) is 101 Å². The first-order valence-electron chi connectivity index (χ1n) is 13.9. The summed E-state index contributed by atoms with van der Waals surface area (Å²) in [5.41, 5.74) is 13.1. The first kappa shape index (κ1) is 31.9. The molecule has 0 aliphatic carbocycles. The second-order valence-corrected chi connectivity index (χ2v) is 10.1. The molecule has 0 unspecified atom stereocenters. The number of urea groups is 1. The lowest BCUT2D eigenvalue weighted by atomic mass is 9.96. The summed E-state index contributed by atoms with van der Waals surface area (Å²) < 4.78 is 33.1. The normalized spacial score (nSPS) is 13.6. The summed E-state index contributed by atoms with van der Waals surface area (Å²) in [7, 11) is 0. The van der Waals surface area contributed by atoms with Gasteiger partial charge in [-0.3, -0.25) is 14.6 Å². The van der Waals surface area contributed by atoms with Crippen molar-refractivity contribution in [2.75, 3.05) is 45.9 Å². The zero-order valence-electron chi connectivity index (χ0n) is 23.9. The molecule has 4 rings (SSSR count). The molecule has 230 valence electrons. The number of ether oxygens (including phenoxy) is 1. The summed E-state index contributed by atoms with van der Waals surface area (Å²) in [6, 6.07) is 16.3. The van der Waals surface area contributed by atoms with Crippen LogP contribution < -0.4 is 16.2 Å².